The second kappa shape index (κ2) is 5.62. The molecule has 0 fully saturated rings. The SMILES string of the molecule is C[C@@H](NC(=O)c1cccc(Cl)c1)c1cc2ccccc2o1. The van der Waals surface area contributed by atoms with Crippen molar-refractivity contribution in [3.8, 4) is 0 Å². The lowest BCUT2D eigenvalue weighted by molar-refractivity contribution is 0.0935. The normalized spacial score (nSPS) is 12.3. The van der Waals surface area contributed by atoms with Gasteiger partial charge in [0, 0.05) is 16.0 Å². The van der Waals surface area contributed by atoms with E-state index in [-0.39, 0.29) is 11.9 Å². The maximum absolute atomic E-state index is 12.2. The number of para-hydroxylation sites is 1. The highest BCUT2D eigenvalue weighted by atomic mass is 35.5. The number of halogens is 1. The fourth-order valence-electron chi connectivity index (χ4n) is 2.20. The Morgan fingerprint density at radius 2 is 1.95 bits per heavy atom. The first-order valence-corrected chi connectivity index (χ1v) is 7.06. The van der Waals surface area contributed by atoms with E-state index in [4.69, 9.17) is 16.0 Å². The molecule has 0 aliphatic carbocycles. The van der Waals surface area contributed by atoms with E-state index in [0.29, 0.717) is 10.6 Å². The zero-order valence-electron chi connectivity index (χ0n) is 11.5. The van der Waals surface area contributed by atoms with E-state index < -0.39 is 0 Å². The highest BCUT2D eigenvalue weighted by Crippen LogP contribution is 2.23. The molecule has 0 unspecified atom stereocenters. The van der Waals surface area contributed by atoms with Gasteiger partial charge in [-0.3, -0.25) is 4.79 Å². The first kappa shape index (κ1) is 13.7. The van der Waals surface area contributed by atoms with E-state index >= 15 is 0 Å². The number of benzene rings is 2. The molecule has 0 bridgehead atoms. The van der Waals surface area contributed by atoms with Gasteiger partial charge >= 0.3 is 0 Å². The molecular formula is C17H14ClNO2. The van der Waals surface area contributed by atoms with Crippen molar-refractivity contribution in [2.24, 2.45) is 0 Å². The zero-order valence-corrected chi connectivity index (χ0v) is 12.2. The van der Waals surface area contributed by atoms with E-state index in [2.05, 4.69) is 5.32 Å². The molecule has 4 heteroatoms. The van der Waals surface area contributed by atoms with Crippen LogP contribution in [0.3, 0.4) is 0 Å². The molecule has 21 heavy (non-hydrogen) atoms. The third-order valence-electron chi connectivity index (χ3n) is 3.31. The average molecular weight is 300 g/mol. The first-order chi connectivity index (χ1) is 10.1. The van der Waals surface area contributed by atoms with Crippen LogP contribution in [0.5, 0.6) is 0 Å². The predicted molar refractivity (Wildman–Crippen MR) is 83.5 cm³/mol. The molecule has 106 valence electrons. The summed E-state index contributed by atoms with van der Waals surface area (Å²) < 4.78 is 5.75. The van der Waals surface area contributed by atoms with E-state index in [1.807, 2.05) is 37.3 Å². The van der Waals surface area contributed by atoms with Gasteiger partial charge in [0.05, 0.1) is 6.04 Å². The number of carbonyl (C=O) groups excluding carboxylic acids is 1. The first-order valence-electron chi connectivity index (χ1n) is 6.68. The molecule has 3 rings (SSSR count). The standard InChI is InChI=1S/C17H14ClNO2/c1-11(16-10-12-5-2-3-8-15(12)21-16)19-17(20)13-6-4-7-14(18)9-13/h2-11H,1H3,(H,19,20)/t11-/m1/s1. The van der Waals surface area contributed by atoms with Crippen LogP contribution in [0, 0.1) is 0 Å². The molecule has 0 saturated heterocycles. The van der Waals surface area contributed by atoms with Gasteiger partial charge in [0.15, 0.2) is 0 Å². The molecule has 1 heterocycles. The molecule has 3 aromatic rings. The maximum atomic E-state index is 12.2. The van der Waals surface area contributed by atoms with Crippen molar-refractivity contribution in [1.82, 2.24) is 5.32 Å². The highest BCUT2D eigenvalue weighted by molar-refractivity contribution is 6.30. The smallest absolute Gasteiger partial charge is 0.251 e. The van der Waals surface area contributed by atoms with Crippen molar-refractivity contribution in [2.75, 3.05) is 0 Å². The summed E-state index contributed by atoms with van der Waals surface area (Å²) in [6.07, 6.45) is 0. The van der Waals surface area contributed by atoms with E-state index in [1.165, 1.54) is 0 Å². The number of hydrogen-bond donors (Lipinski definition) is 1. The van der Waals surface area contributed by atoms with Crippen LogP contribution in [0.2, 0.25) is 5.02 Å². The topological polar surface area (TPSA) is 42.2 Å². The van der Waals surface area contributed by atoms with Crippen LogP contribution in [0.4, 0.5) is 0 Å². The minimum Gasteiger partial charge on any atom is -0.459 e. The lowest BCUT2D eigenvalue weighted by Gasteiger charge is -2.11. The summed E-state index contributed by atoms with van der Waals surface area (Å²) in [5.74, 6) is 0.553. The van der Waals surface area contributed by atoms with Gasteiger partial charge in [-0.1, -0.05) is 35.9 Å². The second-order valence-corrected chi connectivity index (χ2v) is 5.33. The largest absolute Gasteiger partial charge is 0.459 e. The number of carbonyl (C=O) groups is 1. The Kier molecular flexibility index (Phi) is 3.67. The molecule has 1 aromatic heterocycles. The van der Waals surface area contributed by atoms with Crippen molar-refractivity contribution in [1.29, 1.82) is 0 Å². The zero-order chi connectivity index (χ0) is 14.8. The van der Waals surface area contributed by atoms with Crippen molar-refractivity contribution < 1.29 is 9.21 Å². The quantitative estimate of drug-likeness (QED) is 0.769. The van der Waals surface area contributed by atoms with Crippen LogP contribution in [0.1, 0.15) is 29.1 Å². The monoisotopic (exact) mass is 299 g/mol. The van der Waals surface area contributed by atoms with E-state index in [9.17, 15) is 4.79 Å². The van der Waals surface area contributed by atoms with Crippen molar-refractivity contribution in [3.63, 3.8) is 0 Å². The molecule has 1 N–H and O–H groups in total. The molecule has 1 amide bonds. The molecule has 1 atom stereocenters. The van der Waals surface area contributed by atoms with Gasteiger partial charge in [0.1, 0.15) is 11.3 Å². The molecule has 0 saturated carbocycles. The Morgan fingerprint density at radius 1 is 1.14 bits per heavy atom. The predicted octanol–water partition coefficient (Wildman–Crippen LogP) is 4.58. The fraction of sp³-hybridized carbons (Fsp3) is 0.118. The van der Waals surface area contributed by atoms with Crippen LogP contribution in [0.25, 0.3) is 11.0 Å². The van der Waals surface area contributed by atoms with Crippen LogP contribution >= 0.6 is 11.6 Å². The minimum atomic E-state index is -0.219. The molecule has 0 spiro atoms. The second-order valence-electron chi connectivity index (χ2n) is 4.89. The Labute approximate surface area is 127 Å². The molecule has 0 radical (unpaired) electrons. The molecule has 0 aliphatic rings. The van der Waals surface area contributed by atoms with Crippen molar-refractivity contribution >= 4 is 28.5 Å². The molecule has 0 aliphatic heterocycles. The van der Waals surface area contributed by atoms with Gasteiger partial charge in [-0.2, -0.15) is 0 Å². The van der Waals surface area contributed by atoms with Gasteiger partial charge < -0.3 is 9.73 Å². The lowest BCUT2D eigenvalue weighted by Crippen LogP contribution is -2.26. The number of nitrogens with one attached hydrogen (secondary N) is 1. The highest BCUT2D eigenvalue weighted by Gasteiger charge is 2.15. The van der Waals surface area contributed by atoms with Gasteiger partial charge in [0.25, 0.3) is 5.91 Å². The summed E-state index contributed by atoms with van der Waals surface area (Å²) in [5.41, 5.74) is 1.35. The van der Waals surface area contributed by atoms with E-state index in [1.54, 1.807) is 24.3 Å². The molecule has 3 nitrogen and oxygen atoms in total. The van der Waals surface area contributed by atoms with Crippen LogP contribution in [-0.2, 0) is 0 Å². The minimum absolute atomic E-state index is 0.176. The fourth-order valence-corrected chi connectivity index (χ4v) is 2.39. The number of rotatable bonds is 3. The summed E-state index contributed by atoms with van der Waals surface area (Å²) in [7, 11) is 0. The van der Waals surface area contributed by atoms with Crippen LogP contribution in [-0.4, -0.2) is 5.91 Å². The van der Waals surface area contributed by atoms with E-state index in [0.717, 1.165) is 16.7 Å². The van der Waals surface area contributed by atoms with Crippen molar-refractivity contribution in [2.45, 2.75) is 13.0 Å². The number of hydrogen-bond acceptors (Lipinski definition) is 2. The summed E-state index contributed by atoms with van der Waals surface area (Å²) in [4.78, 5) is 12.2. The van der Waals surface area contributed by atoms with Gasteiger partial charge in [0.2, 0.25) is 0 Å². The third kappa shape index (κ3) is 2.93. The Balaban J connectivity index is 1.79. The van der Waals surface area contributed by atoms with Crippen LogP contribution < -0.4 is 5.32 Å². The number of amides is 1. The van der Waals surface area contributed by atoms with Crippen LogP contribution in [0.15, 0.2) is 59.0 Å². The average Bonchev–Trinajstić information content (AvgIpc) is 2.91. The number of fused-ring (bicyclic) bond motifs is 1. The van der Waals surface area contributed by atoms with Gasteiger partial charge in [-0.15, -0.1) is 0 Å². The van der Waals surface area contributed by atoms with Gasteiger partial charge in [-0.05, 0) is 37.3 Å². The van der Waals surface area contributed by atoms with Gasteiger partial charge in [-0.25, -0.2) is 0 Å². The Hall–Kier alpha value is -2.26. The van der Waals surface area contributed by atoms with Crippen molar-refractivity contribution in [3.05, 3.63) is 70.9 Å². The lowest BCUT2D eigenvalue weighted by atomic mass is 10.1. The molecule has 2 aromatic carbocycles. The number of furan rings is 1. The maximum Gasteiger partial charge on any atom is 0.251 e. The molecular weight excluding hydrogens is 286 g/mol. The summed E-state index contributed by atoms with van der Waals surface area (Å²) in [6, 6.07) is 16.3. The summed E-state index contributed by atoms with van der Waals surface area (Å²) >= 11 is 5.90. The third-order valence-corrected chi connectivity index (χ3v) is 3.54. The Morgan fingerprint density at radius 3 is 2.71 bits per heavy atom. The summed E-state index contributed by atoms with van der Waals surface area (Å²) in [5, 5.41) is 4.47. The summed E-state index contributed by atoms with van der Waals surface area (Å²) in [6.45, 7) is 1.89. The Bertz CT molecular complexity index is 761.